The van der Waals surface area contributed by atoms with Crippen LogP contribution in [0.3, 0.4) is 0 Å². The van der Waals surface area contributed by atoms with E-state index in [4.69, 9.17) is 19.5 Å². The molecule has 0 amide bonds. The summed E-state index contributed by atoms with van der Waals surface area (Å²) in [6.07, 6.45) is 0.987. The predicted molar refractivity (Wildman–Crippen MR) is 89.6 cm³/mol. The number of ketones is 1. The third-order valence-corrected chi connectivity index (χ3v) is 3.17. The van der Waals surface area contributed by atoms with Crippen LogP contribution in [0, 0.1) is 11.3 Å². The normalized spacial score (nSPS) is 11.3. The summed E-state index contributed by atoms with van der Waals surface area (Å²) in [7, 11) is 1.54. The van der Waals surface area contributed by atoms with E-state index in [1.165, 1.54) is 49.7 Å². The number of nitriles is 1. The fraction of sp³-hybridized carbons (Fsp3) is 0.222. The van der Waals surface area contributed by atoms with Crippen molar-refractivity contribution in [2.24, 2.45) is 0 Å². The van der Waals surface area contributed by atoms with Gasteiger partial charge in [-0.2, -0.15) is 5.26 Å². The topological polar surface area (TPSA) is 119 Å². The minimum atomic E-state index is -1.13. The first kappa shape index (κ1) is 18.9. The van der Waals surface area contributed by atoms with E-state index in [9.17, 15) is 14.7 Å². The molecule has 2 aromatic rings. The maximum atomic E-state index is 11.3. The number of methoxy groups -OCH3 is 1. The van der Waals surface area contributed by atoms with Crippen molar-refractivity contribution in [2.75, 3.05) is 13.7 Å². The van der Waals surface area contributed by atoms with Crippen LogP contribution in [-0.4, -0.2) is 41.7 Å². The fourth-order valence-electron chi connectivity index (χ4n) is 2.09. The Morgan fingerprint density at radius 3 is 2.54 bits per heavy atom. The minimum absolute atomic E-state index is 0.00319. The van der Waals surface area contributed by atoms with Gasteiger partial charge in [0.1, 0.15) is 35.1 Å². The molecule has 134 valence electrons. The molecule has 0 saturated carbocycles. The number of aromatic carboxylic acids is 1. The summed E-state index contributed by atoms with van der Waals surface area (Å²) in [6, 6.07) is 8.53. The van der Waals surface area contributed by atoms with Crippen molar-refractivity contribution < 1.29 is 28.9 Å². The van der Waals surface area contributed by atoms with Crippen LogP contribution in [0.2, 0.25) is 0 Å². The minimum Gasteiger partial charge on any atom is -0.488 e. The molecule has 0 fully saturated rings. The quantitative estimate of drug-likeness (QED) is 0.566. The first-order valence-corrected chi connectivity index (χ1v) is 7.55. The molecular weight excluding hydrogens is 340 g/mol. The standard InChI is InChI=1S/C18H16N2O6/c1-11(10-24-2)25-14-5-12(18(22)23)6-15(7-14)26-13-3-4-16(20-9-13)17(21)8-19/h3-7,9,11H,10H2,1-2H3,(H,22,23)/t11-/m0/s1. The van der Waals surface area contributed by atoms with Crippen LogP contribution in [0.4, 0.5) is 0 Å². The molecule has 1 atom stereocenters. The number of carbonyl (C=O) groups is 2. The molecule has 0 unspecified atom stereocenters. The lowest BCUT2D eigenvalue weighted by Gasteiger charge is -2.15. The van der Waals surface area contributed by atoms with E-state index in [0.717, 1.165) is 0 Å². The second-order valence-electron chi connectivity index (χ2n) is 5.30. The Balaban J connectivity index is 2.24. The summed E-state index contributed by atoms with van der Waals surface area (Å²) in [5.74, 6) is -1.07. The molecule has 26 heavy (non-hydrogen) atoms. The number of rotatable bonds is 8. The molecule has 8 nitrogen and oxygen atoms in total. The van der Waals surface area contributed by atoms with Crippen LogP contribution in [0.1, 0.15) is 27.8 Å². The summed E-state index contributed by atoms with van der Waals surface area (Å²) in [5.41, 5.74) is -0.0112. The Hall–Kier alpha value is -3.44. The summed E-state index contributed by atoms with van der Waals surface area (Å²) < 4.78 is 16.2. The summed E-state index contributed by atoms with van der Waals surface area (Å²) in [5, 5.41) is 17.8. The second-order valence-corrected chi connectivity index (χ2v) is 5.30. The van der Waals surface area contributed by atoms with Gasteiger partial charge in [0.2, 0.25) is 0 Å². The van der Waals surface area contributed by atoms with Crippen molar-refractivity contribution in [3.05, 3.63) is 47.8 Å². The van der Waals surface area contributed by atoms with Crippen LogP contribution in [0.5, 0.6) is 17.2 Å². The average molecular weight is 356 g/mol. The first-order chi connectivity index (χ1) is 12.4. The number of hydrogen-bond acceptors (Lipinski definition) is 7. The molecule has 1 aromatic carbocycles. The van der Waals surface area contributed by atoms with E-state index < -0.39 is 11.8 Å². The average Bonchev–Trinajstić information content (AvgIpc) is 2.61. The van der Waals surface area contributed by atoms with Gasteiger partial charge < -0.3 is 19.3 Å². The molecule has 0 radical (unpaired) electrons. The Kier molecular flexibility index (Phi) is 6.25. The molecule has 0 bridgehead atoms. The Morgan fingerprint density at radius 2 is 1.96 bits per heavy atom. The van der Waals surface area contributed by atoms with E-state index >= 15 is 0 Å². The third kappa shape index (κ3) is 5.03. The highest BCUT2D eigenvalue weighted by molar-refractivity contribution is 6.06. The molecule has 0 aliphatic carbocycles. The Morgan fingerprint density at radius 1 is 1.23 bits per heavy atom. The van der Waals surface area contributed by atoms with Crippen LogP contribution in [0.15, 0.2) is 36.5 Å². The maximum Gasteiger partial charge on any atom is 0.335 e. The number of aromatic nitrogens is 1. The van der Waals surface area contributed by atoms with Gasteiger partial charge in [-0.1, -0.05) is 0 Å². The van der Waals surface area contributed by atoms with Gasteiger partial charge in [0.05, 0.1) is 18.4 Å². The number of ether oxygens (including phenoxy) is 3. The van der Waals surface area contributed by atoms with Crippen LogP contribution in [0.25, 0.3) is 0 Å². The zero-order chi connectivity index (χ0) is 19.1. The molecule has 1 heterocycles. The molecule has 1 N–H and O–H groups in total. The van der Waals surface area contributed by atoms with Gasteiger partial charge in [-0.25, -0.2) is 9.78 Å². The van der Waals surface area contributed by atoms with E-state index in [1.54, 1.807) is 6.92 Å². The lowest BCUT2D eigenvalue weighted by Crippen LogP contribution is -2.18. The summed E-state index contributed by atoms with van der Waals surface area (Å²) >= 11 is 0. The van der Waals surface area contributed by atoms with Crippen molar-refractivity contribution in [3.63, 3.8) is 0 Å². The van der Waals surface area contributed by atoms with Gasteiger partial charge in [-0.15, -0.1) is 0 Å². The lowest BCUT2D eigenvalue weighted by atomic mass is 10.2. The van der Waals surface area contributed by atoms with Crippen LogP contribution < -0.4 is 9.47 Å². The second kappa shape index (κ2) is 8.60. The maximum absolute atomic E-state index is 11.3. The van der Waals surface area contributed by atoms with Crippen LogP contribution >= 0.6 is 0 Å². The van der Waals surface area contributed by atoms with Gasteiger partial charge in [0, 0.05) is 13.2 Å². The van der Waals surface area contributed by atoms with Crippen LogP contribution in [-0.2, 0) is 4.74 Å². The molecule has 1 aromatic heterocycles. The van der Waals surface area contributed by atoms with Crippen molar-refractivity contribution in [3.8, 4) is 23.3 Å². The van der Waals surface area contributed by atoms with E-state index in [2.05, 4.69) is 4.98 Å². The number of carbonyl (C=O) groups excluding carboxylic acids is 1. The molecule has 0 saturated heterocycles. The number of nitrogens with zero attached hydrogens (tertiary/aromatic N) is 2. The summed E-state index contributed by atoms with van der Waals surface area (Å²) in [6.45, 7) is 2.12. The summed E-state index contributed by atoms with van der Waals surface area (Å²) in [4.78, 5) is 26.4. The van der Waals surface area contributed by atoms with E-state index in [-0.39, 0.29) is 28.9 Å². The highest BCUT2D eigenvalue weighted by Gasteiger charge is 2.12. The van der Waals surface area contributed by atoms with Crippen molar-refractivity contribution in [1.82, 2.24) is 4.98 Å². The molecule has 0 aliphatic rings. The van der Waals surface area contributed by atoms with Crippen molar-refractivity contribution >= 4 is 11.8 Å². The monoisotopic (exact) mass is 356 g/mol. The molecular formula is C18H16N2O6. The molecule has 2 rings (SSSR count). The number of Topliss-reactive ketones (excluding diaryl/α,β-unsaturated/α-hetero) is 1. The molecule has 0 aliphatic heterocycles. The van der Waals surface area contributed by atoms with Gasteiger partial charge >= 0.3 is 5.97 Å². The van der Waals surface area contributed by atoms with Gasteiger partial charge in [0.15, 0.2) is 0 Å². The largest absolute Gasteiger partial charge is 0.488 e. The number of benzene rings is 1. The SMILES string of the molecule is COC[C@H](C)Oc1cc(Oc2ccc(C(=O)C#N)nc2)cc(C(=O)O)c1. The smallest absolute Gasteiger partial charge is 0.335 e. The number of carboxylic acids is 1. The third-order valence-electron chi connectivity index (χ3n) is 3.17. The van der Waals surface area contributed by atoms with E-state index in [1.807, 2.05) is 0 Å². The number of pyridine rings is 1. The predicted octanol–water partition coefficient (Wildman–Crippen LogP) is 2.69. The molecule has 8 heteroatoms. The first-order valence-electron chi connectivity index (χ1n) is 7.55. The van der Waals surface area contributed by atoms with Gasteiger partial charge in [0.25, 0.3) is 5.78 Å². The van der Waals surface area contributed by atoms with Crippen molar-refractivity contribution in [2.45, 2.75) is 13.0 Å². The van der Waals surface area contributed by atoms with Gasteiger partial charge in [-0.05, 0) is 31.2 Å². The molecule has 0 spiro atoms. The highest BCUT2D eigenvalue weighted by atomic mass is 16.5. The lowest BCUT2D eigenvalue weighted by molar-refractivity contribution is 0.0693. The zero-order valence-electron chi connectivity index (χ0n) is 14.1. The number of hydrogen-bond donors (Lipinski definition) is 1. The highest BCUT2D eigenvalue weighted by Crippen LogP contribution is 2.28. The fourth-order valence-corrected chi connectivity index (χ4v) is 2.09. The van der Waals surface area contributed by atoms with E-state index in [0.29, 0.717) is 12.4 Å². The number of carboxylic acid groups (broad SMARTS) is 1. The zero-order valence-corrected chi connectivity index (χ0v) is 14.1. The van der Waals surface area contributed by atoms with Crippen molar-refractivity contribution in [1.29, 1.82) is 5.26 Å². The Bertz CT molecular complexity index is 842. The van der Waals surface area contributed by atoms with Gasteiger partial charge in [-0.3, -0.25) is 4.79 Å². The Labute approximate surface area is 149 Å².